The number of hydrogen-bond acceptors (Lipinski definition) is 4. The smallest absolute Gasteiger partial charge is 0.160 e. The predicted molar refractivity (Wildman–Crippen MR) is 117 cm³/mol. The molecule has 0 fully saturated rings. The third-order valence-electron chi connectivity index (χ3n) is 4.82. The number of nitrogens with zero attached hydrogens (tertiary/aromatic N) is 3. The summed E-state index contributed by atoms with van der Waals surface area (Å²) in [4.78, 5) is 20.9. The highest BCUT2D eigenvalue weighted by Crippen LogP contribution is 2.28. The fourth-order valence-corrected chi connectivity index (χ4v) is 3.92. The summed E-state index contributed by atoms with van der Waals surface area (Å²) in [6.45, 7) is 12.4. The maximum Gasteiger partial charge on any atom is 0.160 e. The minimum Gasteiger partial charge on any atom is -0.361 e. The second kappa shape index (κ2) is 8.37. The molecule has 5 nitrogen and oxygen atoms in total. The molecule has 2 heterocycles. The van der Waals surface area contributed by atoms with E-state index >= 15 is 0 Å². The molecule has 0 bridgehead atoms. The van der Waals surface area contributed by atoms with Crippen molar-refractivity contribution in [1.82, 2.24) is 14.5 Å². The van der Waals surface area contributed by atoms with Crippen LogP contribution in [0.25, 0.3) is 22.4 Å². The molecule has 0 radical (unpaired) electrons. The van der Waals surface area contributed by atoms with Crippen LogP contribution in [0.2, 0.25) is 25.7 Å². The first-order valence-corrected chi connectivity index (χ1v) is 13.5. The second-order valence-corrected chi connectivity index (χ2v) is 14.3. The third kappa shape index (κ3) is 4.56. The Morgan fingerprint density at radius 2 is 1.96 bits per heavy atom. The maximum atomic E-state index is 11.6. The highest BCUT2D eigenvalue weighted by molar-refractivity contribution is 6.76. The van der Waals surface area contributed by atoms with E-state index in [0.717, 1.165) is 30.0 Å². The molecular weight excluding hydrogens is 366 g/mol. The van der Waals surface area contributed by atoms with Crippen LogP contribution in [0, 0.1) is 0 Å². The van der Waals surface area contributed by atoms with Crippen LogP contribution in [0.15, 0.2) is 36.7 Å². The van der Waals surface area contributed by atoms with Crippen LogP contribution in [-0.4, -0.2) is 35.5 Å². The number of benzene rings is 1. The first kappa shape index (κ1) is 20.4. The topological polar surface area (TPSA) is 57.0 Å². The lowest BCUT2D eigenvalue weighted by molar-refractivity contribution is 0.0900. The Morgan fingerprint density at radius 3 is 2.64 bits per heavy atom. The molecule has 0 spiro atoms. The van der Waals surface area contributed by atoms with Gasteiger partial charge in [-0.15, -0.1) is 0 Å². The van der Waals surface area contributed by atoms with Crippen molar-refractivity contribution >= 4 is 25.4 Å². The average molecular weight is 396 g/mol. The molecule has 6 heteroatoms. The SMILES string of the molecule is CC(C)c1ccccc1-c1ncc2c(n1)c(C=O)cn2COCC[Si](C)(C)C. The number of rotatable bonds is 8. The lowest BCUT2D eigenvalue weighted by atomic mass is 9.97. The van der Waals surface area contributed by atoms with E-state index in [1.807, 2.05) is 22.8 Å². The monoisotopic (exact) mass is 395 g/mol. The summed E-state index contributed by atoms with van der Waals surface area (Å²) >= 11 is 0. The lowest BCUT2D eigenvalue weighted by Gasteiger charge is -2.15. The molecule has 148 valence electrons. The van der Waals surface area contributed by atoms with E-state index in [1.165, 1.54) is 5.56 Å². The number of hydrogen-bond donors (Lipinski definition) is 0. The van der Waals surface area contributed by atoms with Gasteiger partial charge in [0.25, 0.3) is 0 Å². The molecule has 0 N–H and O–H groups in total. The van der Waals surface area contributed by atoms with Crippen LogP contribution in [0.1, 0.15) is 35.7 Å². The number of ether oxygens (including phenoxy) is 1. The van der Waals surface area contributed by atoms with Crippen LogP contribution < -0.4 is 0 Å². The Kier molecular flexibility index (Phi) is 6.10. The normalized spacial score (nSPS) is 12.1. The summed E-state index contributed by atoms with van der Waals surface area (Å²) in [5, 5.41) is 0. The first-order chi connectivity index (χ1) is 13.3. The van der Waals surface area contributed by atoms with Gasteiger partial charge in [-0.05, 0) is 17.5 Å². The van der Waals surface area contributed by atoms with E-state index in [-0.39, 0.29) is 0 Å². The summed E-state index contributed by atoms with van der Waals surface area (Å²) in [5.74, 6) is 1.02. The number of fused-ring (bicyclic) bond motifs is 1. The van der Waals surface area contributed by atoms with Crippen LogP contribution in [0.5, 0.6) is 0 Å². The number of aromatic nitrogens is 3. The number of carbonyl (C=O) groups excluding carboxylic acids is 1. The maximum absolute atomic E-state index is 11.6. The Balaban J connectivity index is 1.92. The van der Waals surface area contributed by atoms with Gasteiger partial charge < -0.3 is 9.30 Å². The highest BCUT2D eigenvalue weighted by atomic mass is 28.3. The fourth-order valence-electron chi connectivity index (χ4n) is 3.16. The molecule has 0 aliphatic carbocycles. The molecule has 28 heavy (non-hydrogen) atoms. The van der Waals surface area contributed by atoms with Gasteiger partial charge in [-0.1, -0.05) is 57.8 Å². The largest absolute Gasteiger partial charge is 0.361 e. The van der Waals surface area contributed by atoms with Crippen molar-refractivity contribution in [2.75, 3.05) is 6.61 Å². The third-order valence-corrected chi connectivity index (χ3v) is 6.53. The van der Waals surface area contributed by atoms with Crippen molar-refractivity contribution in [3.63, 3.8) is 0 Å². The van der Waals surface area contributed by atoms with Crippen LogP contribution in [0.4, 0.5) is 0 Å². The molecule has 0 saturated carbocycles. The molecule has 0 saturated heterocycles. The highest BCUT2D eigenvalue weighted by Gasteiger charge is 2.16. The minimum atomic E-state index is -1.13. The van der Waals surface area contributed by atoms with Crippen molar-refractivity contribution in [1.29, 1.82) is 0 Å². The zero-order valence-electron chi connectivity index (χ0n) is 17.4. The summed E-state index contributed by atoms with van der Waals surface area (Å²) in [7, 11) is -1.13. The fraction of sp³-hybridized carbons (Fsp3) is 0.409. The average Bonchev–Trinajstić information content (AvgIpc) is 3.01. The van der Waals surface area contributed by atoms with Crippen LogP contribution >= 0.6 is 0 Å². The number of carbonyl (C=O) groups is 1. The number of aldehydes is 1. The molecule has 0 unspecified atom stereocenters. The van der Waals surface area contributed by atoms with Gasteiger partial charge in [0.1, 0.15) is 12.2 Å². The molecular formula is C22H29N3O2Si. The van der Waals surface area contributed by atoms with Crippen molar-refractivity contribution in [3.05, 3.63) is 47.8 Å². The second-order valence-electron chi connectivity index (χ2n) is 8.69. The molecule has 0 aliphatic rings. The molecule has 3 rings (SSSR count). The van der Waals surface area contributed by atoms with Crippen molar-refractivity contribution in [2.24, 2.45) is 0 Å². The van der Waals surface area contributed by atoms with Crippen molar-refractivity contribution in [2.45, 2.75) is 52.2 Å². The summed E-state index contributed by atoms with van der Waals surface area (Å²) in [6, 6.07) is 9.27. The Bertz CT molecular complexity index is 974. The molecule has 2 aromatic heterocycles. The molecule has 3 aromatic rings. The summed E-state index contributed by atoms with van der Waals surface area (Å²) in [6.07, 6.45) is 4.45. The van der Waals surface area contributed by atoms with Gasteiger partial charge in [-0.3, -0.25) is 4.79 Å². The van der Waals surface area contributed by atoms with Gasteiger partial charge >= 0.3 is 0 Å². The van der Waals surface area contributed by atoms with Gasteiger partial charge in [0.05, 0.1) is 17.3 Å². The van der Waals surface area contributed by atoms with Gasteiger partial charge in [-0.25, -0.2) is 9.97 Å². The zero-order valence-corrected chi connectivity index (χ0v) is 18.4. The zero-order chi connectivity index (χ0) is 20.3. The Morgan fingerprint density at radius 1 is 1.21 bits per heavy atom. The van der Waals surface area contributed by atoms with Crippen molar-refractivity contribution < 1.29 is 9.53 Å². The van der Waals surface area contributed by atoms with E-state index in [4.69, 9.17) is 9.72 Å². The molecule has 0 amide bonds. The summed E-state index contributed by atoms with van der Waals surface area (Å²) < 4.78 is 7.77. The Labute approximate surface area is 167 Å². The van der Waals surface area contributed by atoms with E-state index in [0.29, 0.717) is 29.6 Å². The van der Waals surface area contributed by atoms with Gasteiger partial charge in [-0.2, -0.15) is 0 Å². The van der Waals surface area contributed by atoms with E-state index in [9.17, 15) is 4.79 Å². The minimum absolute atomic E-state index is 0.366. The predicted octanol–water partition coefficient (Wildman–Crippen LogP) is 5.35. The molecule has 1 aromatic carbocycles. The van der Waals surface area contributed by atoms with E-state index in [2.05, 4.69) is 44.5 Å². The van der Waals surface area contributed by atoms with Crippen LogP contribution in [0.3, 0.4) is 0 Å². The van der Waals surface area contributed by atoms with Gasteiger partial charge in [0.2, 0.25) is 0 Å². The van der Waals surface area contributed by atoms with Gasteiger partial charge in [0, 0.05) is 26.4 Å². The molecule has 0 aliphatic heterocycles. The first-order valence-electron chi connectivity index (χ1n) is 9.78. The van der Waals surface area contributed by atoms with Gasteiger partial charge in [0.15, 0.2) is 12.1 Å². The summed E-state index contributed by atoms with van der Waals surface area (Å²) in [5.41, 5.74) is 4.27. The van der Waals surface area contributed by atoms with E-state index in [1.54, 1.807) is 12.4 Å². The lowest BCUT2D eigenvalue weighted by Crippen LogP contribution is -2.21. The standard InChI is InChI=1S/C22H29N3O2Si/c1-16(2)18-8-6-7-9-19(18)22-23-12-20-21(24-22)17(14-26)13-25(20)15-27-10-11-28(3,4)5/h6-9,12-14,16H,10-11,15H2,1-5H3. The van der Waals surface area contributed by atoms with Crippen molar-refractivity contribution in [3.8, 4) is 11.4 Å². The Hall–Kier alpha value is -2.31. The van der Waals surface area contributed by atoms with E-state index < -0.39 is 8.07 Å². The van der Waals surface area contributed by atoms with Crippen LogP contribution in [-0.2, 0) is 11.5 Å². The quantitative estimate of drug-likeness (QED) is 0.293. The molecule has 0 atom stereocenters.